The first-order chi connectivity index (χ1) is 8.72. The Bertz CT molecular complexity index is 384. The SMILES string of the molecule is C=CC(c1cccc(OCCCC)c1)[C@@H](C)C=O. The average molecular weight is 246 g/mol. The molecule has 0 spiro atoms. The van der Waals surface area contributed by atoms with Crippen molar-refractivity contribution in [2.75, 3.05) is 6.61 Å². The third-order valence-electron chi connectivity index (χ3n) is 3.04. The largest absolute Gasteiger partial charge is 0.494 e. The van der Waals surface area contributed by atoms with Crippen LogP contribution in [0.4, 0.5) is 0 Å². The van der Waals surface area contributed by atoms with E-state index in [1.54, 1.807) is 0 Å². The van der Waals surface area contributed by atoms with Crippen molar-refractivity contribution >= 4 is 6.29 Å². The lowest BCUT2D eigenvalue weighted by molar-refractivity contribution is -0.110. The van der Waals surface area contributed by atoms with Gasteiger partial charge in [-0.15, -0.1) is 6.58 Å². The highest BCUT2D eigenvalue weighted by Gasteiger charge is 2.15. The minimum absolute atomic E-state index is 0.0530. The standard InChI is InChI=1S/C16H22O2/c1-4-6-10-18-15-9-7-8-14(11-15)16(5-2)13(3)12-17/h5,7-9,11-13,16H,2,4,6,10H2,1,3H3/t13-,16?/m0/s1. The number of ether oxygens (including phenoxy) is 1. The van der Waals surface area contributed by atoms with E-state index in [4.69, 9.17) is 4.74 Å². The second-order valence-corrected chi connectivity index (χ2v) is 4.53. The Morgan fingerprint density at radius 1 is 1.44 bits per heavy atom. The van der Waals surface area contributed by atoms with E-state index >= 15 is 0 Å². The Morgan fingerprint density at radius 3 is 2.83 bits per heavy atom. The number of unbranched alkanes of at least 4 members (excludes halogenated alkanes) is 1. The van der Waals surface area contributed by atoms with Gasteiger partial charge in [0.1, 0.15) is 12.0 Å². The average Bonchev–Trinajstić information content (AvgIpc) is 2.40. The van der Waals surface area contributed by atoms with Gasteiger partial charge >= 0.3 is 0 Å². The number of carbonyl (C=O) groups excluding carboxylic acids is 1. The van der Waals surface area contributed by atoms with Gasteiger partial charge in [-0.05, 0) is 24.1 Å². The van der Waals surface area contributed by atoms with Crippen LogP contribution in [-0.4, -0.2) is 12.9 Å². The highest BCUT2D eigenvalue weighted by molar-refractivity contribution is 5.56. The van der Waals surface area contributed by atoms with Crippen molar-refractivity contribution in [3.8, 4) is 5.75 Å². The summed E-state index contributed by atoms with van der Waals surface area (Å²) in [6.07, 6.45) is 4.97. The molecule has 0 aromatic heterocycles. The van der Waals surface area contributed by atoms with Crippen molar-refractivity contribution in [1.82, 2.24) is 0 Å². The van der Waals surface area contributed by atoms with E-state index in [9.17, 15) is 4.79 Å². The van der Waals surface area contributed by atoms with E-state index in [0.717, 1.165) is 37.0 Å². The fourth-order valence-corrected chi connectivity index (χ4v) is 1.88. The van der Waals surface area contributed by atoms with Gasteiger partial charge in [0.15, 0.2) is 0 Å². The summed E-state index contributed by atoms with van der Waals surface area (Å²) in [4.78, 5) is 10.9. The molecule has 1 aromatic rings. The molecule has 1 aromatic carbocycles. The van der Waals surface area contributed by atoms with E-state index in [1.165, 1.54) is 0 Å². The van der Waals surface area contributed by atoms with Crippen molar-refractivity contribution in [3.63, 3.8) is 0 Å². The van der Waals surface area contributed by atoms with Crippen LogP contribution in [0.5, 0.6) is 5.75 Å². The molecule has 0 aliphatic rings. The van der Waals surface area contributed by atoms with Gasteiger partial charge in [0.2, 0.25) is 0 Å². The van der Waals surface area contributed by atoms with Gasteiger partial charge < -0.3 is 9.53 Å². The Kier molecular flexibility index (Phi) is 6.20. The maximum atomic E-state index is 10.9. The molecule has 98 valence electrons. The monoisotopic (exact) mass is 246 g/mol. The predicted octanol–water partition coefficient (Wildman–Crippen LogP) is 3.97. The minimum atomic E-state index is -0.0617. The van der Waals surface area contributed by atoms with Crippen LogP contribution in [0.15, 0.2) is 36.9 Å². The predicted molar refractivity (Wildman–Crippen MR) is 75.0 cm³/mol. The fraction of sp³-hybridized carbons (Fsp3) is 0.438. The number of carbonyl (C=O) groups is 1. The summed E-state index contributed by atoms with van der Waals surface area (Å²) >= 11 is 0. The van der Waals surface area contributed by atoms with Crippen molar-refractivity contribution in [3.05, 3.63) is 42.5 Å². The second-order valence-electron chi connectivity index (χ2n) is 4.53. The fourth-order valence-electron chi connectivity index (χ4n) is 1.88. The van der Waals surface area contributed by atoms with Gasteiger partial charge in [-0.2, -0.15) is 0 Å². The molecule has 2 atom stereocenters. The second kappa shape index (κ2) is 7.70. The van der Waals surface area contributed by atoms with Crippen molar-refractivity contribution in [2.45, 2.75) is 32.6 Å². The summed E-state index contributed by atoms with van der Waals surface area (Å²) in [6.45, 7) is 8.59. The van der Waals surface area contributed by atoms with E-state index in [1.807, 2.05) is 37.3 Å². The third-order valence-corrected chi connectivity index (χ3v) is 3.04. The molecular weight excluding hydrogens is 224 g/mol. The van der Waals surface area contributed by atoms with Crippen molar-refractivity contribution in [1.29, 1.82) is 0 Å². The zero-order valence-electron chi connectivity index (χ0n) is 11.3. The highest BCUT2D eigenvalue weighted by atomic mass is 16.5. The van der Waals surface area contributed by atoms with Crippen LogP contribution >= 0.6 is 0 Å². The van der Waals surface area contributed by atoms with Crippen LogP contribution in [0.25, 0.3) is 0 Å². The molecule has 0 N–H and O–H groups in total. The van der Waals surface area contributed by atoms with E-state index in [2.05, 4.69) is 13.5 Å². The van der Waals surface area contributed by atoms with E-state index in [-0.39, 0.29) is 11.8 Å². The molecule has 18 heavy (non-hydrogen) atoms. The Morgan fingerprint density at radius 2 is 2.22 bits per heavy atom. The molecule has 2 heteroatoms. The number of allylic oxidation sites excluding steroid dienone is 1. The zero-order valence-corrected chi connectivity index (χ0v) is 11.3. The first kappa shape index (κ1) is 14.5. The van der Waals surface area contributed by atoms with Crippen LogP contribution in [-0.2, 0) is 4.79 Å². The first-order valence-electron chi connectivity index (χ1n) is 6.53. The van der Waals surface area contributed by atoms with Crippen LogP contribution in [0.1, 0.15) is 38.2 Å². The van der Waals surface area contributed by atoms with Crippen LogP contribution in [0, 0.1) is 5.92 Å². The van der Waals surface area contributed by atoms with Gasteiger partial charge in [0.05, 0.1) is 6.61 Å². The number of hydrogen-bond acceptors (Lipinski definition) is 2. The summed E-state index contributed by atoms with van der Waals surface area (Å²) in [5.74, 6) is 0.858. The quantitative estimate of drug-likeness (QED) is 0.394. The third kappa shape index (κ3) is 4.02. The Hall–Kier alpha value is -1.57. The van der Waals surface area contributed by atoms with Gasteiger partial charge in [0.25, 0.3) is 0 Å². The molecule has 0 saturated carbocycles. The van der Waals surface area contributed by atoms with E-state index < -0.39 is 0 Å². The molecule has 0 bridgehead atoms. The van der Waals surface area contributed by atoms with Crippen molar-refractivity contribution < 1.29 is 9.53 Å². The number of rotatable bonds is 8. The summed E-state index contributed by atoms with van der Waals surface area (Å²) in [7, 11) is 0. The van der Waals surface area contributed by atoms with Gasteiger partial charge in [-0.25, -0.2) is 0 Å². The first-order valence-corrected chi connectivity index (χ1v) is 6.53. The Balaban J connectivity index is 2.79. The van der Waals surface area contributed by atoms with Gasteiger partial charge in [-0.1, -0.05) is 38.5 Å². The molecule has 0 aliphatic heterocycles. The molecule has 0 radical (unpaired) electrons. The molecule has 1 unspecified atom stereocenters. The molecule has 0 saturated heterocycles. The van der Waals surface area contributed by atoms with Crippen LogP contribution in [0.2, 0.25) is 0 Å². The zero-order chi connectivity index (χ0) is 13.4. The summed E-state index contributed by atoms with van der Waals surface area (Å²) in [5, 5.41) is 0. The molecule has 0 aliphatic carbocycles. The summed E-state index contributed by atoms with van der Waals surface area (Å²) < 4.78 is 5.67. The van der Waals surface area contributed by atoms with Crippen LogP contribution in [0.3, 0.4) is 0 Å². The molecule has 0 fully saturated rings. The smallest absolute Gasteiger partial charge is 0.123 e. The van der Waals surface area contributed by atoms with Crippen LogP contribution < -0.4 is 4.74 Å². The lowest BCUT2D eigenvalue weighted by atomic mass is 9.88. The molecular formula is C16H22O2. The topological polar surface area (TPSA) is 26.3 Å². The molecule has 2 nitrogen and oxygen atoms in total. The Labute approximate surface area is 110 Å². The molecule has 0 amide bonds. The number of aldehydes is 1. The van der Waals surface area contributed by atoms with E-state index in [0.29, 0.717) is 0 Å². The summed E-state index contributed by atoms with van der Waals surface area (Å²) in [5.41, 5.74) is 1.08. The normalized spacial score (nSPS) is 13.7. The van der Waals surface area contributed by atoms with Gasteiger partial charge in [-0.3, -0.25) is 0 Å². The lowest BCUT2D eigenvalue weighted by Gasteiger charge is -2.17. The maximum Gasteiger partial charge on any atom is 0.123 e. The molecule has 0 heterocycles. The van der Waals surface area contributed by atoms with Gasteiger partial charge in [0, 0.05) is 11.8 Å². The van der Waals surface area contributed by atoms with Crippen molar-refractivity contribution in [2.24, 2.45) is 5.92 Å². The molecule has 1 rings (SSSR count). The lowest BCUT2D eigenvalue weighted by Crippen LogP contribution is -2.08. The summed E-state index contributed by atoms with van der Waals surface area (Å²) in [6, 6.07) is 7.93. The maximum absolute atomic E-state index is 10.9. The minimum Gasteiger partial charge on any atom is -0.494 e. The number of hydrogen-bond donors (Lipinski definition) is 0. The highest BCUT2D eigenvalue weighted by Crippen LogP contribution is 2.27. The number of benzene rings is 1.